The van der Waals surface area contributed by atoms with Gasteiger partial charge in [0.15, 0.2) is 0 Å². The molecule has 3 N–H and O–H groups in total. The van der Waals surface area contributed by atoms with Crippen molar-refractivity contribution in [2.75, 3.05) is 5.73 Å². The van der Waals surface area contributed by atoms with Crippen molar-refractivity contribution in [3.05, 3.63) is 59.4 Å². The molecular formula is C14H12FNO2S. The molecule has 0 unspecified atom stereocenters. The van der Waals surface area contributed by atoms with Crippen molar-refractivity contribution in [3.63, 3.8) is 0 Å². The topological polar surface area (TPSA) is 63.3 Å². The standard InChI is InChI=1S/C14H12FNO2S/c15-10-5-6-12(16)13(7-10)19-8-9-3-1-2-4-11(9)14(17)18/h1-7H,8,16H2,(H,17,18). The number of hydrogen-bond acceptors (Lipinski definition) is 3. The average molecular weight is 277 g/mol. The van der Waals surface area contributed by atoms with Crippen molar-refractivity contribution in [1.82, 2.24) is 0 Å². The van der Waals surface area contributed by atoms with Gasteiger partial charge >= 0.3 is 5.97 Å². The molecule has 0 radical (unpaired) electrons. The van der Waals surface area contributed by atoms with Crippen LogP contribution in [0.3, 0.4) is 0 Å². The predicted molar refractivity (Wildman–Crippen MR) is 73.8 cm³/mol. The lowest BCUT2D eigenvalue weighted by Crippen LogP contribution is -2.01. The molecule has 2 aromatic rings. The molecule has 0 heterocycles. The monoisotopic (exact) mass is 277 g/mol. The second-order valence-electron chi connectivity index (χ2n) is 3.93. The molecule has 98 valence electrons. The second-order valence-corrected chi connectivity index (χ2v) is 4.95. The quantitative estimate of drug-likeness (QED) is 0.664. The number of carboxylic acid groups (broad SMARTS) is 1. The van der Waals surface area contributed by atoms with E-state index >= 15 is 0 Å². The van der Waals surface area contributed by atoms with Gasteiger partial charge in [0.05, 0.1) is 5.56 Å². The van der Waals surface area contributed by atoms with E-state index in [1.54, 1.807) is 24.3 Å². The predicted octanol–water partition coefficient (Wildman–Crippen LogP) is 3.40. The van der Waals surface area contributed by atoms with Gasteiger partial charge in [0.1, 0.15) is 5.82 Å². The first-order chi connectivity index (χ1) is 9.08. The first-order valence-corrected chi connectivity index (χ1v) is 6.55. The van der Waals surface area contributed by atoms with Crippen LogP contribution < -0.4 is 5.73 Å². The molecule has 5 heteroatoms. The van der Waals surface area contributed by atoms with Gasteiger partial charge < -0.3 is 10.8 Å². The van der Waals surface area contributed by atoms with Crippen molar-refractivity contribution < 1.29 is 14.3 Å². The summed E-state index contributed by atoms with van der Waals surface area (Å²) in [6.07, 6.45) is 0. The first kappa shape index (κ1) is 13.4. The van der Waals surface area contributed by atoms with Crippen molar-refractivity contribution in [2.45, 2.75) is 10.6 Å². The highest BCUT2D eigenvalue weighted by Gasteiger charge is 2.10. The highest BCUT2D eigenvalue weighted by atomic mass is 32.2. The number of nitrogens with two attached hydrogens (primary N) is 1. The van der Waals surface area contributed by atoms with E-state index in [1.165, 1.54) is 30.0 Å². The summed E-state index contributed by atoms with van der Waals surface area (Å²) in [6, 6.07) is 10.9. The normalized spacial score (nSPS) is 10.4. The third-order valence-electron chi connectivity index (χ3n) is 2.61. The summed E-state index contributed by atoms with van der Waals surface area (Å²) in [4.78, 5) is 11.7. The summed E-state index contributed by atoms with van der Waals surface area (Å²) in [5.74, 6) is -0.900. The van der Waals surface area contributed by atoms with E-state index in [0.29, 0.717) is 21.9 Å². The van der Waals surface area contributed by atoms with Crippen molar-refractivity contribution >= 4 is 23.4 Å². The Balaban J connectivity index is 2.19. The summed E-state index contributed by atoms with van der Waals surface area (Å²) >= 11 is 1.32. The number of benzene rings is 2. The third-order valence-corrected chi connectivity index (χ3v) is 3.73. The van der Waals surface area contributed by atoms with E-state index in [1.807, 2.05) is 0 Å². The molecule has 0 spiro atoms. The summed E-state index contributed by atoms with van der Waals surface area (Å²) in [7, 11) is 0. The average Bonchev–Trinajstić information content (AvgIpc) is 2.40. The Morgan fingerprint density at radius 2 is 2.00 bits per heavy atom. The maximum absolute atomic E-state index is 13.1. The van der Waals surface area contributed by atoms with Gasteiger partial charge in [0.25, 0.3) is 0 Å². The fraction of sp³-hybridized carbons (Fsp3) is 0.0714. The minimum Gasteiger partial charge on any atom is -0.478 e. The Labute approximate surface area is 114 Å². The van der Waals surface area contributed by atoms with Gasteiger partial charge in [-0.3, -0.25) is 0 Å². The van der Waals surface area contributed by atoms with Crippen LogP contribution in [0.15, 0.2) is 47.4 Å². The van der Waals surface area contributed by atoms with E-state index in [9.17, 15) is 9.18 Å². The number of halogens is 1. The number of anilines is 1. The number of carbonyl (C=O) groups is 1. The molecule has 0 aliphatic rings. The van der Waals surface area contributed by atoms with Gasteiger partial charge in [-0.25, -0.2) is 9.18 Å². The molecule has 0 aromatic heterocycles. The molecule has 0 saturated carbocycles. The van der Waals surface area contributed by atoms with Crippen molar-refractivity contribution in [1.29, 1.82) is 0 Å². The van der Waals surface area contributed by atoms with Crippen LogP contribution in [0.5, 0.6) is 0 Å². The van der Waals surface area contributed by atoms with Crippen LogP contribution in [-0.2, 0) is 5.75 Å². The molecule has 2 aromatic carbocycles. The Bertz CT molecular complexity index is 616. The van der Waals surface area contributed by atoms with Gasteiger partial charge in [-0.05, 0) is 29.8 Å². The summed E-state index contributed by atoms with van der Waals surface area (Å²) in [6.45, 7) is 0. The molecule has 19 heavy (non-hydrogen) atoms. The van der Waals surface area contributed by atoms with Crippen LogP contribution >= 0.6 is 11.8 Å². The SMILES string of the molecule is Nc1ccc(F)cc1SCc1ccccc1C(=O)O. The van der Waals surface area contributed by atoms with Gasteiger partial charge in [0.2, 0.25) is 0 Å². The minimum absolute atomic E-state index is 0.255. The number of hydrogen-bond donors (Lipinski definition) is 2. The van der Waals surface area contributed by atoms with E-state index in [4.69, 9.17) is 10.8 Å². The number of carboxylic acids is 1. The van der Waals surface area contributed by atoms with Gasteiger partial charge in [-0.15, -0.1) is 11.8 Å². The van der Waals surface area contributed by atoms with Crippen LogP contribution in [0.1, 0.15) is 15.9 Å². The molecule has 2 rings (SSSR count). The Kier molecular flexibility index (Phi) is 4.06. The van der Waals surface area contributed by atoms with Crippen LogP contribution in [0.25, 0.3) is 0 Å². The fourth-order valence-corrected chi connectivity index (χ4v) is 2.64. The Hall–Kier alpha value is -2.01. The number of thioether (sulfide) groups is 1. The fourth-order valence-electron chi connectivity index (χ4n) is 1.64. The number of nitrogen functional groups attached to an aromatic ring is 1. The molecule has 0 aliphatic heterocycles. The minimum atomic E-state index is -0.969. The maximum atomic E-state index is 13.1. The molecule has 0 saturated heterocycles. The molecule has 0 amide bonds. The van der Waals surface area contributed by atoms with Crippen LogP contribution in [0.2, 0.25) is 0 Å². The smallest absolute Gasteiger partial charge is 0.335 e. The van der Waals surface area contributed by atoms with Gasteiger partial charge in [-0.1, -0.05) is 18.2 Å². The Morgan fingerprint density at radius 3 is 2.74 bits per heavy atom. The first-order valence-electron chi connectivity index (χ1n) is 5.57. The lowest BCUT2D eigenvalue weighted by Gasteiger charge is -2.07. The summed E-state index contributed by atoms with van der Waals surface area (Å²) in [5.41, 5.74) is 7.17. The maximum Gasteiger partial charge on any atom is 0.335 e. The lowest BCUT2D eigenvalue weighted by molar-refractivity contribution is 0.0696. The zero-order chi connectivity index (χ0) is 13.8. The lowest BCUT2D eigenvalue weighted by atomic mass is 10.1. The molecule has 3 nitrogen and oxygen atoms in total. The molecule has 0 bridgehead atoms. The highest BCUT2D eigenvalue weighted by Crippen LogP contribution is 2.29. The van der Waals surface area contributed by atoms with Gasteiger partial charge in [-0.2, -0.15) is 0 Å². The largest absolute Gasteiger partial charge is 0.478 e. The third kappa shape index (κ3) is 3.26. The van der Waals surface area contributed by atoms with Crippen LogP contribution in [0.4, 0.5) is 10.1 Å². The number of rotatable bonds is 4. The highest BCUT2D eigenvalue weighted by molar-refractivity contribution is 7.98. The zero-order valence-electron chi connectivity index (χ0n) is 9.97. The summed E-state index contributed by atoms with van der Waals surface area (Å²) in [5, 5.41) is 9.07. The molecule has 0 fully saturated rings. The van der Waals surface area contributed by atoms with E-state index in [2.05, 4.69) is 0 Å². The number of aromatic carboxylic acids is 1. The van der Waals surface area contributed by atoms with Crippen LogP contribution in [0, 0.1) is 5.82 Å². The summed E-state index contributed by atoms with van der Waals surface area (Å²) < 4.78 is 13.1. The molecule has 0 aliphatic carbocycles. The van der Waals surface area contributed by atoms with Gasteiger partial charge in [0, 0.05) is 16.3 Å². The molecule has 0 atom stereocenters. The van der Waals surface area contributed by atoms with E-state index in [-0.39, 0.29) is 11.4 Å². The second kappa shape index (κ2) is 5.75. The Morgan fingerprint density at radius 1 is 1.26 bits per heavy atom. The van der Waals surface area contributed by atoms with Crippen molar-refractivity contribution in [2.24, 2.45) is 0 Å². The van der Waals surface area contributed by atoms with E-state index in [0.717, 1.165) is 0 Å². The molecular weight excluding hydrogens is 265 g/mol. The van der Waals surface area contributed by atoms with Crippen molar-refractivity contribution in [3.8, 4) is 0 Å². The zero-order valence-corrected chi connectivity index (χ0v) is 10.8. The van der Waals surface area contributed by atoms with Crippen LogP contribution in [-0.4, -0.2) is 11.1 Å². The van der Waals surface area contributed by atoms with E-state index < -0.39 is 5.97 Å².